The fourth-order valence-electron chi connectivity index (χ4n) is 2.57. The number of carbonyl (C=O) groups excluding carboxylic acids is 1. The van der Waals surface area contributed by atoms with E-state index >= 15 is 0 Å². The van der Waals surface area contributed by atoms with Gasteiger partial charge in [-0.15, -0.1) is 0 Å². The lowest BCUT2D eigenvalue weighted by molar-refractivity contribution is -0.147. The summed E-state index contributed by atoms with van der Waals surface area (Å²) in [5.41, 5.74) is 0. The molecule has 1 fully saturated rings. The molecule has 1 heterocycles. The van der Waals surface area contributed by atoms with Gasteiger partial charge in [0, 0.05) is 19.0 Å². The van der Waals surface area contributed by atoms with Crippen LogP contribution in [0.5, 0.6) is 0 Å². The summed E-state index contributed by atoms with van der Waals surface area (Å²) < 4.78 is 5.67. The monoisotopic (exact) mass is 241 g/mol. The third kappa shape index (κ3) is 4.30. The lowest BCUT2D eigenvalue weighted by atomic mass is 9.97. The second kappa shape index (κ2) is 7.00. The Hall–Kier alpha value is -0.570. The zero-order chi connectivity index (χ0) is 12.8. The smallest absolute Gasteiger partial charge is 0.225 e. The van der Waals surface area contributed by atoms with Crippen molar-refractivity contribution < 1.29 is 9.53 Å². The minimum absolute atomic E-state index is 0.173. The van der Waals surface area contributed by atoms with E-state index in [-0.39, 0.29) is 18.1 Å². The summed E-state index contributed by atoms with van der Waals surface area (Å²) in [5, 5.41) is 0. The Bertz CT molecular complexity index is 232. The number of carbonyl (C=O) groups is 1. The number of ether oxygens (including phenoxy) is 1. The van der Waals surface area contributed by atoms with Crippen LogP contribution in [-0.2, 0) is 9.53 Å². The lowest BCUT2D eigenvalue weighted by Gasteiger charge is -2.37. The molecular weight excluding hydrogens is 214 g/mol. The average molecular weight is 241 g/mol. The third-order valence-corrected chi connectivity index (χ3v) is 3.48. The molecule has 0 spiro atoms. The van der Waals surface area contributed by atoms with Gasteiger partial charge in [0.15, 0.2) is 0 Å². The highest BCUT2D eigenvalue weighted by Crippen LogP contribution is 2.19. The molecule has 0 aliphatic carbocycles. The van der Waals surface area contributed by atoms with E-state index in [9.17, 15) is 4.79 Å². The molecule has 0 N–H and O–H groups in total. The van der Waals surface area contributed by atoms with Crippen LogP contribution >= 0.6 is 0 Å². The van der Waals surface area contributed by atoms with Crippen molar-refractivity contribution in [2.75, 3.05) is 13.1 Å². The van der Waals surface area contributed by atoms with E-state index < -0.39 is 0 Å². The number of hydrogen-bond donors (Lipinski definition) is 0. The predicted molar refractivity (Wildman–Crippen MR) is 69.9 cm³/mol. The largest absolute Gasteiger partial charge is 0.372 e. The lowest BCUT2D eigenvalue weighted by Crippen LogP contribution is -2.50. The van der Waals surface area contributed by atoms with Crippen LogP contribution in [0, 0.1) is 5.92 Å². The minimum Gasteiger partial charge on any atom is -0.372 e. The van der Waals surface area contributed by atoms with Gasteiger partial charge in [0.25, 0.3) is 0 Å². The Kier molecular flexibility index (Phi) is 5.96. The molecule has 0 unspecified atom stereocenters. The van der Waals surface area contributed by atoms with E-state index in [1.165, 1.54) is 6.42 Å². The molecule has 1 amide bonds. The highest BCUT2D eigenvalue weighted by Gasteiger charge is 2.29. The van der Waals surface area contributed by atoms with Gasteiger partial charge < -0.3 is 9.64 Å². The highest BCUT2D eigenvalue weighted by molar-refractivity contribution is 5.79. The Labute approximate surface area is 106 Å². The molecule has 0 aromatic carbocycles. The zero-order valence-electron chi connectivity index (χ0n) is 11.7. The van der Waals surface area contributed by atoms with Gasteiger partial charge in [-0.3, -0.25) is 4.79 Å². The van der Waals surface area contributed by atoms with Crippen molar-refractivity contribution >= 4 is 5.91 Å². The molecule has 3 atom stereocenters. The average Bonchev–Trinajstić information content (AvgIpc) is 2.28. The van der Waals surface area contributed by atoms with Gasteiger partial charge >= 0.3 is 0 Å². The van der Waals surface area contributed by atoms with Crippen molar-refractivity contribution in [3.05, 3.63) is 0 Å². The molecule has 1 rings (SSSR count). The first kappa shape index (κ1) is 14.5. The summed E-state index contributed by atoms with van der Waals surface area (Å²) >= 11 is 0. The minimum atomic E-state index is 0.173. The topological polar surface area (TPSA) is 29.5 Å². The molecule has 0 bridgehead atoms. The van der Waals surface area contributed by atoms with Crippen LogP contribution < -0.4 is 0 Å². The highest BCUT2D eigenvalue weighted by atomic mass is 16.5. The number of morpholine rings is 1. The summed E-state index contributed by atoms with van der Waals surface area (Å²) in [4.78, 5) is 14.4. The van der Waals surface area contributed by atoms with Crippen molar-refractivity contribution in [1.82, 2.24) is 4.90 Å². The van der Waals surface area contributed by atoms with E-state index in [1.54, 1.807) is 0 Å². The fourth-order valence-corrected chi connectivity index (χ4v) is 2.57. The third-order valence-electron chi connectivity index (χ3n) is 3.48. The summed E-state index contributed by atoms with van der Waals surface area (Å²) in [7, 11) is 0. The Morgan fingerprint density at radius 1 is 1.29 bits per heavy atom. The Balaban J connectivity index is 2.54. The maximum Gasteiger partial charge on any atom is 0.225 e. The number of unbranched alkanes of at least 4 members (excludes halogenated alkanes) is 1. The van der Waals surface area contributed by atoms with Crippen LogP contribution in [0.1, 0.15) is 53.4 Å². The van der Waals surface area contributed by atoms with Gasteiger partial charge in [0.2, 0.25) is 5.91 Å². The number of hydrogen-bond acceptors (Lipinski definition) is 2. The molecule has 0 radical (unpaired) electrons. The number of rotatable bonds is 5. The van der Waals surface area contributed by atoms with Crippen molar-refractivity contribution in [2.45, 2.75) is 65.6 Å². The molecular formula is C14H27NO2. The summed E-state index contributed by atoms with van der Waals surface area (Å²) in [5.74, 6) is 0.551. The number of nitrogens with zero attached hydrogens (tertiary/aromatic N) is 1. The first-order valence-corrected chi connectivity index (χ1v) is 7.02. The molecule has 3 heteroatoms. The van der Waals surface area contributed by atoms with Gasteiger partial charge in [0.1, 0.15) is 0 Å². The maximum atomic E-state index is 12.4. The normalized spacial score (nSPS) is 26.9. The van der Waals surface area contributed by atoms with Crippen molar-refractivity contribution in [1.29, 1.82) is 0 Å². The van der Waals surface area contributed by atoms with E-state index in [0.29, 0.717) is 5.91 Å². The van der Waals surface area contributed by atoms with E-state index in [0.717, 1.165) is 32.4 Å². The van der Waals surface area contributed by atoms with Gasteiger partial charge in [-0.25, -0.2) is 0 Å². The molecule has 0 saturated carbocycles. The maximum absolute atomic E-state index is 12.4. The Morgan fingerprint density at radius 3 is 2.35 bits per heavy atom. The van der Waals surface area contributed by atoms with Crippen molar-refractivity contribution in [3.8, 4) is 0 Å². The number of amides is 1. The zero-order valence-corrected chi connectivity index (χ0v) is 11.7. The summed E-state index contributed by atoms with van der Waals surface area (Å²) in [6.07, 6.45) is 4.65. The summed E-state index contributed by atoms with van der Waals surface area (Å²) in [6, 6.07) is 0. The SMILES string of the molecule is CCCC[C@@H](CC)C(=O)N1C[C@@H](C)O[C@@H](C)C1. The van der Waals surface area contributed by atoms with Gasteiger partial charge in [0.05, 0.1) is 12.2 Å². The molecule has 3 nitrogen and oxygen atoms in total. The van der Waals surface area contributed by atoms with Gasteiger partial charge in [-0.2, -0.15) is 0 Å². The molecule has 0 aromatic rings. The molecule has 100 valence electrons. The van der Waals surface area contributed by atoms with E-state index in [2.05, 4.69) is 13.8 Å². The molecule has 1 aliphatic heterocycles. The van der Waals surface area contributed by atoms with Crippen LogP contribution in [0.15, 0.2) is 0 Å². The van der Waals surface area contributed by atoms with Gasteiger partial charge in [-0.1, -0.05) is 26.7 Å². The fraction of sp³-hybridized carbons (Fsp3) is 0.929. The van der Waals surface area contributed by atoms with Gasteiger partial charge in [-0.05, 0) is 26.7 Å². The second-order valence-corrected chi connectivity index (χ2v) is 5.25. The standard InChI is InChI=1S/C14H27NO2/c1-5-7-8-13(6-2)14(16)15-9-11(3)17-12(4)10-15/h11-13H,5-10H2,1-4H3/t11-,12+,13-/m1/s1. The van der Waals surface area contributed by atoms with Crippen LogP contribution in [-0.4, -0.2) is 36.1 Å². The van der Waals surface area contributed by atoms with Crippen LogP contribution in [0.3, 0.4) is 0 Å². The first-order valence-electron chi connectivity index (χ1n) is 7.02. The first-order chi connectivity index (χ1) is 8.08. The van der Waals surface area contributed by atoms with Crippen LogP contribution in [0.25, 0.3) is 0 Å². The molecule has 0 aromatic heterocycles. The second-order valence-electron chi connectivity index (χ2n) is 5.25. The van der Waals surface area contributed by atoms with E-state index in [1.807, 2.05) is 18.7 Å². The van der Waals surface area contributed by atoms with Crippen molar-refractivity contribution in [3.63, 3.8) is 0 Å². The molecule has 17 heavy (non-hydrogen) atoms. The molecule has 1 saturated heterocycles. The Morgan fingerprint density at radius 2 is 1.88 bits per heavy atom. The van der Waals surface area contributed by atoms with Crippen LogP contribution in [0.2, 0.25) is 0 Å². The van der Waals surface area contributed by atoms with Crippen LogP contribution in [0.4, 0.5) is 0 Å². The molecule has 1 aliphatic rings. The van der Waals surface area contributed by atoms with Crippen molar-refractivity contribution in [2.24, 2.45) is 5.92 Å². The van der Waals surface area contributed by atoms with E-state index in [4.69, 9.17) is 4.74 Å². The predicted octanol–water partition coefficient (Wildman–Crippen LogP) is 2.84. The quantitative estimate of drug-likeness (QED) is 0.740. The summed E-state index contributed by atoms with van der Waals surface area (Å²) in [6.45, 7) is 9.89.